The molecule has 2 amide bonds. The van der Waals surface area contributed by atoms with E-state index < -0.39 is 6.04 Å². The largest absolute Gasteiger partial charge is 0.374 e. The average Bonchev–Trinajstić information content (AvgIpc) is 2.76. The van der Waals surface area contributed by atoms with E-state index in [-0.39, 0.29) is 17.6 Å². The fourth-order valence-corrected chi connectivity index (χ4v) is 4.96. The number of benzene rings is 1. The van der Waals surface area contributed by atoms with Crippen molar-refractivity contribution in [2.75, 3.05) is 42.9 Å². The number of hydrogen-bond acceptors (Lipinski definition) is 6. The van der Waals surface area contributed by atoms with Gasteiger partial charge < -0.3 is 16.0 Å². The summed E-state index contributed by atoms with van der Waals surface area (Å²) in [5.41, 5.74) is 6.97. The van der Waals surface area contributed by atoms with Crippen LogP contribution in [-0.4, -0.2) is 61.5 Å². The van der Waals surface area contributed by atoms with Crippen molar-refractivity contribution in [2.45, 2.75) is 50.6 Å². The van der Waals surface area contributed by atoms with E-state index in [9.17, 15) is 14.0 Å². The Balaban J connectivity index is 1.31. The van der Waals surface area contributed by atoms with Gasteiger partial charge in [-0.25, -0.2) is 4.39 Å². The lowest BCUT2D eigenvalue weighted by Crippen LogP contribution is -2.51. The molecule has 1 atom stereocenters. The van der Waals surface area contributed by atoms with Crippen LogP contribution in [0.15, 0.2) is 18.2 Å². The minimum atomic E-state index is -0.508. The Bertz CT molecular complexity index is 773. The van der Waals surface area contributed by atoms with Crippen molar-refractivity contribution < 1.29 is 14.0 Å². The van der Waals surface area contributed by atoms with Crippen molar-refractivity contribution in [1.82, 2.24) is 10.2 Å². The molecule has 164 valence electrons. The van der Waals surface area contributed by atoms with E-state index in [2.05, 4.69) is 20.4 Å². The molecule has 0 aromatic heterocycles. The van der Waals surface area contributed by atoms with Gasteiger partial charge in [0.2, 0.25) is 11.8 Å². The third-order valence-corrected chi connectivity index (χ3v) is 6.85. The zero-order valence-corrected chi connectivity index (χ0v) is 17.4. The van der Waals surface area contributed by atoms with Gasteiger partial charge >= 0.3 is 0 Å². The second-order valence-electron chi connectivity index (χ2n) is 8.75. The lowest BCUT2D eigenvalue weighted by Gasteiger charge is -2.42. The van der Waals surface area contributed by atoms with E-state index in [0.717, 1.165) is 32.7 Å². The van der Waals surface area contributed by atoms with Gasteiger partial charge in [-0.1, -0.05) is 0 Å². The van der Waals surface area contributed by atoms with Gasteiger partial charge in [0.05, 0.1) is 5.69 Å². The molecule has 0 spiro atoms. The van der Waals surface area contributed by atoms with Crippen LogP contribution < -0.4 is 21.3 Å². The van der Waals surface area contributed by atoms with Crippen LogP contribution >= 0.6 is 0 Å². The van der Waals surface area contributed by atoms with Crippen molar-refractivity contribution >= 4 is 23.2 Å². The minimum Gasteiger partial charge on any atom is -0.374 e. The highest BCUT2D eigenvalue weighted by Crippen LogP contribution is 2.29. The Hall–Kier alpha value is -2.19. The lowest BCUT2D eigenvalue weighted by molar-refractivity contribution is -0.133. The third-order valence-electron chi connectivity index (χ3n) is 6.85. The van der Waals surface area contributed by atoms with E-state index in [0.29, 0.717) is 36.2 Å². The van der Waals surface area contributed by atoms with Crippen molar-refractivity contribution in [3.05, 3.63) is 24.0 Å². The van der Waals surface area contributed by atoms with E-state index in [1.54, 1.807) is 6.07 Å². The van der Waals surface area contributed by atoms with Crippen LogP contribution in [0.1, 0.15) is 38.5 Å². The van der Waals surface area contributed by atoms with Crippen molar-refractivity contribution in [1.29, 1.82) is 0 Å². The molecule has 4 N–H and O–H groups in total. The minimum absolute atomic E-state index is 0.258. The predicted molar refractivity (Wildman–Crippen MR) is 115 cm³/mol. The Labute approximate surface area is 177 Å². The number of carbonyl (C=O) groups excluding carboxylic acids is 2. The average molecular weight is 418 g/mol. The van der Waals surface area contributed by atoms with Gasteiger partial charge in [0, 0.05) is 44.3 Å². The fraction of sp³-hybridized carbons (Fsp3) is 0.636. The van der Waals surface area contributed by atoms with Gasteiger partial charge in [0.15, 0.2) is 0 Å². The van der Waals surface area contributed by atoms with Crippen molar-refractivity contribution in [3.63, 3.8) is 0 Å². The van der Waals surface area contributed by atoms with Crippen molar-refractivity contribution in [2.24, 2.45) is 11.7 Å². The number of anilines is 2. The standard InChI is InChI=1S/C22H32FN5O2/c23-18-13-16(25-19-6-8-21(29)26-22(19)30)3-7-20(18)28-11-9-27(10-12-28)17-4-1-15(14-24)2-5-17/h3,7,13,15,17,19,25H,1-2,4-6,8-12,14,24H2,(H,26,29,30). The second-order valence-corrected chi connectivity index (χ2v) is 8.75. The number of rotatable bonds is 5. The quantitative estimate of drug-likeness (QED) is 0.632. The van der Waals surface area contributed by atoms with E-state index in [1.165, 1.54) is 31.7 Å². The van der Waals surface area contributed by atoms with Crippen molar-refractivity contribution in [3.8, 4) is 0 Å². The second kappa shape index (κ2) is 9.31. The summed E-state index contributed by atoms with van der Waals surface area (Å²) in [6, 6.07) is 5.17. The summed E-state index contributed by atoms with van der Waals surface area (Å²) < 4.78 is 14.8. The maximum atomic E-state index is 14.8. The Morgan fingerprint density at radius 2 is 1.80 bits per heavy atom. The van der Waals surface area contributed by atoms with Gasteiger partial charge in [0.25, 0.3) is 0 Å². The molecule has 4 rings (SSSR count). The molecule has 0 radical (unpaired) electrons. The van der Waals surface area contributed by atoms with E-state index in [1.807, 2.05) is 6.07 Å². The molecule has 8 heteroatoms. The van der Waals surface area contributed by atoms with Crippen LogP contribution in [0.4, 0.5) is 15.8 Å². The van der Waals surface area contributed by atoms with Gasteiger partial charge in [0.1, 0.15) is 11.9 Å². The number of imide groups is 1. The molecule has 7 nitrogen and oxygen atoms in total. The maximum Gasteiger partial charge on any atom is 0.249 e. The number of hydrogen-bond donors (Lipinski definition) is 3. The SMILES string of the molecule is NCC1CCC(N2CCN(c3ccc(NC4CCC(=O)NC4=O)cc3F)CC2)CC1. The number of halogens is 1. The Morgan fingerprint density at radius 3 is 2.43 bits per heavy atom. The molecule has 1 saturated carbocycles. The molecule has 1 aromatic rings. The first kappa shape index (κ1) is 21.1. The first-order valence-corrected chi connectivity index (χ1v) is 11.1. The zero-order chi connectivity index (χ0) is 21.1. The lowest BCUT2D eigenvalue weighted by atomic mass is 9.85. The molecule has 3 fully saturated rings. The first-order chi connectivity index (χ1) is 14.5. The highest BCUT2D eigenvalue weighted by Gasteiger charge is 2.29. The number of carbonyl (C=O) groups is 2. The van der Waals surface area contributed by atoms with Crippen LogP contribution in [0.3, 0.4) is 0 Å². The number of piperidine rings is 1. The number of piperazine rings is 1. The van der Waals surface area contributed by atoms with Crippen LogP contribution in [0.25, 0.3) is 0 Å². The summed E-state index contributed by atoms with van der Waals surface area (Å²) in [5.74, 6) is -0.216. The third kappa shape index (κ3) is 4.75. The molecule has 2 saturated heterocycles. The maximum absolute atomic E-state index is 14.8. The van der Waals surface area contributed by atoms with Gasteiger partial charge in [-0.15, -0.1) is 0 Å². The van der Waals surface area contributed by atoms with Crippen LogP contribution in [0.2, 0.25) is 0 Å². The molecule has 30 heavy (non-hydrogen) atoms. The molecule has 3 aliphatic rings. The predicted octanol–water partition coefficient (Wildman–Crippen LogP) is 1.68. The summed E-state index contributed by atoms with van der Waals surface area (Å²) in [5, 5.41) is 5.35. The molecule has 1 unspecified atom stereocenters. The number of nitrogens with zero attached hydrogens (tertiary/aromatic N) is 2. The normalized spacial score (nSPS) is 28.3. The molecule has 1 aromatic carbocycles. The molecule has 1 aliphatic carbocycles. The number of amides is 2. The summed E-state index contributed by atoms with van der Waals surface area (Å²) in [7, 11) is 0. The number of nitrogens with one attached hydrogen (secondary N) is 2. The summed E-state index contributed by atoms with van der Waals surface area (Å²) in [6.45, 7) is 4.33. The van der Waals surface area contributed by atoms with Gasteiger partial charge in [-0.3, -0.25) is 19.8 Å². The van der Waals surface area contributed by atoms with Gasteiger partial charge in [-0.2, -0.15) is 0 Å². The van der Waals surface area contributed by atoms with Crippen LogP contribution in [0, 0.1) is 11.7 Å². The van der Waals surface area contributed by atoms with Gasteiger partial charge in [-0.05, 0) is 62.8 Å². The molecule has 0 bridgehead atoms. The number of nitrogens with two attached hydrogens (primary N) is 1. The monoisotopic (exact) mass is 417 g/mol. The summed E-state index contributed by atoms with van der Waals surface area (Å²) >= 11 is 0. The fourth-order valence-electron chi connectivity index (χ4n) is 4.96. The Morgan fingerprint density at radius 1 is 1.07 bits per heavy atom. The zero-order valence-electron chi connectivity index (χ0n) is 17.4. The summed E-state index contributed by atoms with van der Waals surface area (Å²) in [4.78, 5) is 27.8. The topological polar surface area (TPSA) is 90.7 Å². The smallest absolute Gasteiger partial charge is 0.249 e. The highest BCUT2D eigenvalue weighted by molar-refractivity contribution is 6.01. The molecular formula is C22H32FN5O2. The van der Waals surface area contributed by atoms with Crippen LogP contribution in [0.5, 0.6) is 0 Å². The Kier molecular flexibility index (Phi) is 6.53. The van der Waals surface area contributed by atoms with E-state index in [4.69, 9.17) is 5.73 Å². The highest BCUT2D eigenvalue weighted by atomic mass is 19.1. The van der Waals surface area contributed by atoms with E-state index >= 15 is 0 Å². The molecule has 2 aliphatic heterocycles. The molecule has 2 heterocycles. The summed E-state index contributed by atoms with van der Waals surface area (Å²) in [6.07, 6.45) is 5.59. The first-order valence-electron chi connectivity index (χ1n) is 11.1. The van der Waals surface area contributed by atoms with Crippen LogP contribution in [-0.2, 0) is 9.59 Å². The molecular weight excluding hydrogens is 385 g/mol.